The fraction of sp³-hybridized carbons (Fsp3) is 0.167. The molecule has 0 radical (unpaired) electrons. The molecule has 1 aromatic heterocycles. The molecular formula is C12H11FN2O3. The van der Waals surface area contributed by atoms with Gasteiger partial charge in [-0.25, -0.2) is 13.9 Å². The van der Waals surface area contributed by atoms with Crippen LogP contribution in [0.25, 0.3) is 0 Å². The normalized spacial score (nSPS) is 10.4. The molecule has 0 aliphatic carbocycles. The summed E-state index contributed by atoms with van der Waals surface area (Å²) in [6, 6.07) is 5.26. The molecule has 1 heterocycles. The van der Waals surface area contributed by atoms with Crippen LogP contribution in [0.5, 0.6) is 0 Å². The number of carbonyl (C=O) groups is 1. The van der Waals surface area contributed by atoms with E-state index in [1.54, 1.807) is 6.92 Å². The highest BCUT2D eigenvalue weighted by molar-refractivity contribution is 6.04. The number of aromatic nitrogens is 1. The molecule has 0 saturated heterocycles. The number of rotatable bonds is 2. The highest BCUT2D eigenvalue weighted by Crippen LogP contribution is 2.11. The number of benzene rings is 1. The van der Waals surface area contributed by atoms with E-state index in [9.17, 15) is 14.0 Å². The second-order valence-electron chi connectivity index (χ2n) is 3.80. The van der Waals surface area contributed by atoms with E-state index in [1.165, 1.54) is 36.1 Å². The maximum absolute atomic E-state index is 12.7. The van der Waals surface area contributed by atoms with Crippen molar-refractivity contribution in [1.82, 2.24) is 4.74 Å². The smallest absolute Gasteiger partial charge is 0.336 e. The molecule has 0 fully saturated rings. The van der Waals surface area contributed by atoms with E-state index >= 15 is 0 Å². The second kappa shape index (κ2) is 4.48. The molecule has 0 atom stereocenters. The average molecular weight is 250 g/mol. The van der Waals surface area contributed by atoms with Gasteiger partial charge in [0.1, 0.15) is 11.4 Å². The molecule has 0 saturated carbocycles. The quantitative estimate of drug-likeness (QED) is 0.881. The highest BCUT2D eigenvalue weighted by atomic mass is 19.1. The molecular weight excluding hydrogens is 239 g/mol. The highest BCUT2D eigenvalue weighted by Gasteiger charge is 2.19. The van der Waals surface area contributed by atoms with Crippen molar-refractivity contribution in [2.24, 2.45) is 7.05 Å². The van der Waals surface area contributed by atoms with Gasteiger partial charge >= 0.3 is 5.63 Å². The van der Waals surface area contributed by atoms with Gasteiger partial charge in [0.25, 0.3) is 5.91 Å². The maximum Gasteiger partial charge on any atom is 0.370 e. The number of aryl methyl sites for hydroxylation is 1. The van der Waals surface area contributed by atoms with Gasteiger partial charge in [0.2, 0.25) is 0 Å². The van der Waals surface area contributed by atoms with E-state index in [4.69, 9.17) is 4.52 Å². The minimum atomic E-state index is -0.699. The molecule has 18 heavy (non-hydrogen) atoms. The number of hydrogen-bond donors (Lipinski definition) is 1. The topological polar surface area (TPSA) is 64.2 Å². The van der Waals surface area contributed by atoms with Gasteiger partial charge in [-0.1, -0.05) is 0 Å². The van der Waals surface area contributed by atoms with Crippen LogP contribution >= 0.6 is 0 Å². The third-order valence-corrected chi connectivity index (χ3v) is 2.59. The summed E-state index contributed by atoms with van der Waals surface area (Å²) in [5.74, 6) is -0.975. The Kier molecular flexibility index (Phi) is 3.01. The van der Waals surface area contributed by atoms with Crippen molar-refractivity contribution >= 4 is 11.6 Å². The van der Waals surface area contributed by atoms with Crippen LogP contribution in [0.1, 0.15) is 16.1 Å². The first-order chi connectivity index (χ1) is 8.49. The molecule has 94 valence electrons. The summed E-state index contributed by atoms with van der Waals surface area (Å²) in [4.78, 5) is 23.3. The standard InChI is InChI=1S/C12H11FN2O3/c1-7-10(12(17)18-15(7)2)11(16)14-9-5-3-8(13)4-6-9/h3-6H,1-2H3,(H,14,16). The number of halogens is 1. The molecule has 2 rings (SSSR count). The van der Waals surface area contributed by atoms with Crippen LogP contribution in [0.15, 0.2) is 33.6 Å². The van der Waals surface area contributed by atoms with Crippen LogP contribution in [-0.4, -0.2) is 10.6 Å². The second-order valence-corrected chi connectivity index (χ2v) is 3.80. The molecule has 0 bridgehead atoms. The van der Waals surface area contributed by atoms with Gasteiger partial charge in [-0.2, -0.15) is 0 Å². The predicted molar refractivity (Wildman–Crippen MR) is 63.0 cm³/mol. The van der Waals surface area contributed by atoms with E-state index < -0.39 is 17.3 Å². The predicted octanol–water partition coefficient (Wildman–Crippen LogP) is 1.68. The SMILES string of the molecule is Cc1c(C(=O)Nc2ccc(F)cc2)c(=O)on1C. The van der Waals surface area contributed by atoms with Crippen LogP contribution in [0.3, 0.4) is 0 Å². The third-order valence-electron chi connectivity index (χ3n) is 2.59. The summed E-state index contributed by atoms with van der Waals surface area (Å²) in [7, 11) is 1.53. The van der Waals surface area contributed by atoms with E-state index in [0.717, 1.165) is 0 Å². The average Bonchev–Trinajstić information content (AvgIpc) is 2.56. The molecule has 5 nitrogen and oxygen atoms in total. The van der Waals surface area contributed by atoms with Crippen molar-refractivity contribution in [3.05, 3.63) is 51.8 Å². The molecule has 1 amide bonds. The number of nitrogens with one attached hydrogen (secondary N) is 1. The first kappa shape index (κ1) is 12.1. The number of amides is 1. The van der Waals surface area contributed by atoms with E-state index in [2.05, 4.69) is 5.32 Å². The van der Waals surface area contributed by atoms with Crippen LogP contribution in [0.2, 0.25) is 0 Å². The Hall–Kier alpha value is -2.37. The van der Waals surface area contributed by atoms with Crippen molar-refractivity contribution in [3.63, 3.8) is 0 Å². The Labute approximate surface area is 102 Å². The van der Waals surface area contributed by atoms with Crippen molar-refractivity contribution in [3.8, 4) is 0 Å². The number of anilines is 1. The number of carbonyl (C=O) groups excluding carboxylic acids is 1. The molecule has 0 spiro atoms. The zero-order chi connectivity index (χ0) is 13.3. The lowest BCUT2D eigenvalue weighted by Gasteiger charge is -2.03. The molecule has 0 unspecified atom stereocenters. The van der Waals surface area contributed by atoms with Gasteiger partial charge in [-0.15, -0.1) is 0 Å². The molecule has 6 heteroatoms. The van der Waals surface area contributed by atoms with Gasteiger partial charge in [0.15, 0.2) is 0 Å². The lowest BCUT2D eigenvalue weighted by molar-refractivity contribution is 0.102. The minimum Gasteiger partial charge on any atom is -0.336 e. The monoisotopic (exact) mass is 250 g/mol. The van der Waals surface area contributed by atoms with Crippen molar-refractivity contribution in [2.45, 2.75) is 6.92 Å². The van der Waals surface area contributed by atoms with Crippen LogP contribution in [-0.2, 0) is 7.05 Å². The molecule has 1 aromatic carbocycles. The van der Waals surface area contributed by atoms with Gasteiger partial charge < -0.3 is 9.84 Å². The van der Waals surface area contributed by atoms with Gasteiger partial charge in [0, 0.05) is 12.7 Å². The first-order valence-corrected chi connectivity index (χ1v) is 5.23. The summed E-state index contributed by atoms with van der Waals surface area (Å²) in [6.45, 7) is 1.60. The summed E-state index contributed by atoms with van der Waals surface area (Å²) in [5.41, 5.74) is 0.0834. The summed E-state index contributed by atoms with van der Waals surface area (Å²) in [5, 5.41) is 2.50. The largest absolute Gasteiger partial charge is 0.370 e. The molecule has 0 aliphatic rings. The zero-order valence-corrected chi connectivity index (χ0v) is 9.86. The van der Waals surface area contributed by atoms with Gasteiger partial charge in [-0.05, 0) is 31.2 Å². The molecule has 1 N–H and O–H groups in total. The van der Waals surface area contributed by atoms with Crippen molar-refractivity contribution in [1.29, 1.82) is 0 Å². The van der Waals surface area contributed by atoms with Crippen molar-refractivity contribution < 1.29 is 13.7 Å². The lowest BCUT2D eigenvalue weighted by Crippen LogP contribution is -2.19. The van der Waals surface area contributed by atoms with Crippen LogP contribution < -0.4 is 10.9 Å². The van der Waals surface area contributed by atoms with Crippen LogP contribution in [0, 0.1) is 12.7 Å². The third kappa shape index (κ3) is 2.17. The maximum atomic E-state index is 12.7. The summed E-state index contributed by atoms with van der Waals surface area (Å²) in [6.07, 6.45) is 0. The van der Waals surface area contributed by atoms with Crippen molar-refractivity contribution in [2.75, 3.05) is 5.32 Å². The number of hydrogen-bond acceptors (Lipinski definition) is 3. The Morgan fingerprint density at radius 3 is 2.44 bits per heavy atom. The number of nitrogens with zero attached hydrogens (tertiary/aromatic N) is 1. The molecule has 0 aliphatic heterocycles. The lowest BCUT2D eigenvalue weighted by atomic mass is 10.2. The summed E-state index contributed by atoms with van der Waals surface area (Å²) < 4.78 is 18.7. The fourth-order valence-corrected chi connectivity index (χ4v) is 1.53. The van der Waals surface area contributed by atoms with E-state index in [1.807, 2.05) is 0 Å². The minimum absolute atomic E-state index is 0.0539. The Balaban J connectivity index is 2.27. The van der Waals surface area contributed by atoms with Gasteiger partial charge in [-0.3, -0.25) is 4.79 Å². The first-order valence-electron chi connectivity index (χ1n) is 5.23. The molecule has 2 aromatic rings. The fourth-order valence-electron chi connectivity index (χ4n) is 1.53. The Morgan fingerprint density at radius 2 is 1.94 bits per heavy atom. The van der Waals surface area contributed by atoms with E-state index in [0.29, 0.717) is 11.4 Å². The zero-order valence-electron chi connectivity index (χ0n) is 9.86. The Morgan fingerprint density at radius 1 is 1.33 bits per heavy atom. The van der Waals surface area contributed by atoms with E-state index in [-0.39, 0.29) is 5.56 Å². The van der Waals surface area contributed by atoms with Crippen LogP contribution in [0.4, 0.5) is 10.1 Å². The summed E-state index contributed by atoms with van der Waals surface area (Å²) >= 11 is 0. The van der Waals surface area contributed by atoms with Gasteiger partial charge in [0.05, 0.1) is 5.69 Å². The Bertz CT molecular complexity index is 640.